The minimum absolute atomic E-state index is 0.0856. The van der Waals surface area contributed by atoms with Gasteiger partial charge in [0.2, 0.25) is 5.91 Å². The number of fused-ring (bicyclic) bond motifs is 2. The minimum atomic E-state index is 0.0856. The highest BCUT2D eigenvalue weighted by Crippen LogP contribution is 2.48. The second-order valence-electron chi connectivity index (χ2n) is 7.19. The van der Waals surface area contributed by atoms with E-state index in [1.165, 1.54) is 42.4 Å². The number of rotatable bonds is 2. The van der Waals surface area contributed by atoms with Gasteiger partial charge in [0.15, 0.2) is 0 Å². The van der Waals surface area contributed by atoms with Crippen LogP contribution in [0.3, 0.4) is 0 Å². The van der Waals surface area contributed by atoms with E-state index in [2.05, 4.69) is 42.3 Å². The fourth-order valence-corrected chi connectivity index (χ4v) is 4.84. The molecule has 2 saturated carbocycles. The number of nitrogens with one attached hydrogen (secondary N) is 1. The molecule has 1 saturated heterocycles. The number of carbonyl (C=O) groups excluding carboxylic acids is 1. The number of amides is 1. The second kappa shape index (κ2) is 4.84. The molecule has 1 aromatic carbocycles. The molecule has 2 bridgehead atoms. The molecule has 3 heteroatoms. The molecule has 1 amide bonds. The number of hydrogen-bond donors (Lipinski definition) is 1. The molecule has 4 atom stereocenters. The van der Waals surface area contributed by atoms with Crippen molar-refractivity contribution in [3.63, 3.8) is 0 Å². The monoisotopic (exact) mass is 284 g/mol. The first kappa shape index (κ1) is 13.3. The summed E-state index contributed by atoms with van der Waals surface area (Å²) >= 11 is 0. The zero-order chi connectivity index (χ0) is 14.6. The van der Waals surface area contributed by atoms with Crippen LogP contribution in [0.2, 0.25) is 0 Å². The number of carbonyl (C=O) groups is 1. The van der Waals surface area contributed by atoms with Gasteiger partial charge in [0, 0.05) is 6.04 Å². The van der Waals surface area contributed by atoms with Crippen molar-refractivity contribution in [3.05, 3.63) is 34.9 Å². The van der Waals surface area contributed by atoms with Gasteiger partial charge < -0.3 is 4.90 Å². The lowest BCUT2D eigenvalue weighted by molar-refractivity contribution is -0.131. The third kappa shape index (κ3) is 2.10. The summed E-state index contributed by atoms with van der Waals surface area (Å²) in [5, 5.41) is 3.45. The Morgan fingerprint density at radius 1 is 1.19 bits per heavy atom. The van der Waals surface area contributed by atoms with Gasteiger partial charge in [0.25, 0.3) is 0 Å². The molecule has 3 fully saturated rings. The first-order valence-electron chi connectivity index (χ1n) is 8.25. The van der Waals surface area contributed by atoms with Crippen molar-refractivity contribution in [3.8, 4) is 0 Å². The fourth-order valence-electron chi connectivity index (χ4n) is 4.84. The third-order valence-electron chi connectivity index (χ3n) is 5.79. The van der Waals surface area contributed by atoms with Crippen LogP contribution in [0.5, 0.6) is 0 Å². The average molecular weight is 284 g/mol. The zero-order valence-electron chi connectivity index (χ0n) is 12.9. The summed E-state index contributed by atoms with van der Waals surface area (Å²) in [5.41, 5.74) is 3.84. The SMILES string of the molecule is Cc1ccc(C2NCC(=O)N2C2CC3CCC2C3)c(C)c1. The normalized spacial score (nSPS) is 35.0. The Hall–Kier alpha value is -1.35. The van der Waals surface area contributed by atoms with Gasteiger partial charge in [-0.05, 0) is 56.1 Å². The lowest BCUT2D eigenvalue weighted by Crippen LogP contribution is -2.42. The molecule has 4 rings (SSSR count). The third-order valence-corrected chi connectivity index (χ3v) is 5.79. The molecule has 1 aromatic rings. The number of nitrogens with zero attached hydrogens (tertiary/aromatic N) is 1. The van der Waals surface area contributed by atoms with Crippen LogP contribution in [-0.2, 0) is 4.79 Å². The van der Waals surface area contributed by atoms with Crippen molar-refractivity contribution < 1.29 is 4.79 Å². The molecule has 1 heterocycles. The van der Waals surface area contributed by atoms with Crippen LogP contribution in [0.4, 0.5) is 0 Å². The molecule has 1 N–H and O–H groups in total. The highest BCUT2D eigenvalue weighted by molar-refractivity contribution is 5.81. The van der Waals surface area contributed by atoms with E-state index >= 15 is 0 Å². The molecule has 3 nitrogen and oxygen atoms in total. The molecular weight excluding hydrogens is 260 g/mol. The van der Waals surface area contributed by atoms with Crippen molar-refractivity contribution >= 4 is 5.91 Å². The lowest BCUT2D eigenvalue weighted by Gasteiger charge is -2.36. The Morgan fingerprint density at radius 3 is 2.71 bits per heavy atom. The Bertz CT molecular complexity index is 583. The standard InChI is InChI=1S/C18H24N2O/c1-11-3-6-15(12(2)7-11)18-19-10-17(21)20(18)16-9-13-4-5-14(16)8-13/h3,6-7,13-14,16,18-19H,4-5,8-10H2,1-2H3. The maximum atomic E-state index is 12.5. The van der Waals surface area contributed by atoms with Crippen molar-refractivity contribution in [2.24, 2.45) is 11.8 Å². The van der Waals surface area contributed by atoms with Gasteiger partial charge in [0.05, 0.1) is 6.54 Å². The number of hydrogen-bond acceptors (Lipinski definition) is 2. The van der Waals surface area contributed by atoms with Crippen LogP contribution in [0.15, 0.2) is 18.2 Å². The molecule has 0 spiro atoms. The first-order chi connectivity index (χ1) is 10.1. The van der Waals surface area contributed by atoms with Gasteiger partial charge in [-0.15, -0.1) is 0 Å². The molecule has 21 heavy (non-hydrogen) atoms. The smallest absolute Gasteiger partial charge is 0.238 e. The Balaban J connectivity index is 1.66. The Morgan fingerprint density at radius 2 is 2.05 bits per heavy atom. The minimum Gasteiger partial charge on any atom is -0.319 e. The predicted molar refractivity (Wildman–Crippen MR) is 82.7 cm³/mol. The van der Waals surface area contributed by atoms with Gasteiger partial charge in [-0.2, -0.15) is 0 Å². The van der Waals surface area contributed by atoms with Crippen molar-refractivity contribution in [1.29, 1.82) is 0 Å². The number of benzene rings is 1. The summed E-state index contributed by atoms with van der Waals surface area (Å²) in [7, 11) is 0. The molecule has 0 aromatic heterocycles. The average Bonchev–Trinajstić information content (AvgIpc) is 3.13. The van der Waals surface area contributed by atoms with Crippen LogP contribution in [0.25, 0.3) is 0 Å². The quantitative estimate of drug-likeness (QED) is 0.905. The lowest BCUT2D eigenvalue weighted by atomic mass is 9.92. The van der Waals surface area contributed by atoms with E-state index in [-0.39, 0.29) is 12.1 Å². The molecule has 1 aliphatic heterocycles. The van der Waals surface area contributed by atoms with E-state index in [0.29, 0.717) is 12.6 Å². The highest BCUT2D eigenvalue weighted by atomic mass is 16.2. The largest absolute Gasteiger partial charge is 0.319 e. The Kier molecular flexibility index (Phi) is 3.07. The van der Waals surface area contributed by atoms with E-state index < -0.39 is 0 Å². The summed E-state index contributed by atoms with van der Waals surface area (Å²) in [6.45, 7) is 4.77. The van der Waals surface area contributed by atoms with E-state index in [1.54, 1.807) is 0 Å². The van der Waals surface area contributed by atoms with Gasteiger partial charge in [-0.25, -0.2) is 0 Å². The van der Waals surface area contributed by atoms with Crippen LogP contribution in [0.1, 0.15) is 48.5 Å². The van der Waals surface area contributed by atoms with E-state index in [9.17, 15) is 4.79 Å². The maximum Gasteiger partial charge on any atom is 0.238 e. The summed E-state index contributed by atoms with van der Waals surface area (Å²) in [6.07, 6.45) is 5.35. The predicted octanol–water partition coefficient (Wildman–Crippen LogP) is 2.92. The Labute approximate surface area is 126 Å². The summed E-state index contributed by atoms with van der Waals surface area (Å²) in [5.74, 6) is 1.90. The van der Waals surface area contributed by atoms with Gasteiger partial charge in [-0.1, -0.05) is 30.2 Å². The van der Waals surface area contributed by atoms with E-state index in [1.807, 2.05) is 0 Å². The summed E-state index contributed by atoms with van der Waals surface area (Å²) in [6, 6.07) is 7.04. The number of aryl methyl sites for hydroxylation is 2. The van der Waals surface area contributed by atoms with E-state index in [4.69, 9.17) is 0 Å². The molecule has 112 valence electrons. The molecule has 4 unspecified atom stereocenters. The topological polar surface area (TPSA) is 32.3 Å². The van der Waals surface area contributed by atoms with Gasteiger partial charge in [0.1, 0.15) is 6.17 Å². The van der Waals surface area contributed by atoms with Crippen LogP contribution in [0, 0.1) is 25.7 Å². The van der Waals surface area contributed by atoms with Crippen LogP contribution >= 0.6 is 0 Å². The zero-order valence-corrected chi connectivity index (χ0v) is 12.9. The molecular formula is C18H24N2O. The molecule has 2 aliphatic carbocycles. The van der Waals surface area contributed by atoms with Crippen LogP contribution < -0.4 is 5.32 Å². The van der Waals surface area contributed by atoms with Crippen LogP contribution in [-0.4, -0.2) is 23.4 Å². The van der Waals surface area contributed by atoms with Gasteiger partial charge in [-0.3, -0.25) is 10.1 Å². The van der Waals surface area contributed by atoms with Crippen molar-refractivity contribution in [2.75, 3.05) is 6.54 Å². The summed E-state index contributed by atoms with van der Waals surface area (Å²) < 4.78 is 0. The molecule has 0 radical (unpaired) electrons. The summed E-state index contributed by atoms with van der Waals surface area (Å²) in [4.78, 5) is 14.6. The highest BCUT2D eigenvalue weighted by Gasteiger charge is 2.47. The van der Waals surface area contributed by atoms with E-state index in [0.717, 1.165) is 11.8 Å². The fraction of sp³-hybridized carbons (Fsp3) is 0.611. The van der Waals surface area contributed by atoms with Crippen molar-refractivity contribution in [2.45, 2.75) is 51.7 Å². The maximum absolute atomic E-state index is 12.5. The second-order valence-corrected chi connectivity index (χ2v) is 7.19. The molecule has 3 aliphatic rings. The van der Waals surface area contributed by atoms with Gasteiger partial charge >= 0.3 is 0 Å². The first-order valence-corrected chi connectivity index (χ1v) is 8.25. The van der Waals surface area contributed by atoms with Crippen molar-refractivity contribution in [1.82, 2.24) is 10.2 Å².